The molecule has 0 radical (unpaired) electrons. The maximum Gasteiger partial charge on any atom is 0.406 e. The van der Waals surface area contributed by atoms with Gasteiger partial charge in [0.2, 0.25) is 12.1 Å². The number of hydrogen-bond donors (Lipinski definition) is 1. The molecule has 1 heterocycles. The van der Waals surface area contributed by atoms with Crippen LogP contribution in [0.4, 0.5) is 32.0 Å². The van der Waals surface area contributed by atoms with Crippen LogP contribution in [0, 0.1) is 30.3 Å². The molecule has 0 bridgehead atoms. The highest BCUT2D eigenvalue weighted by Gasteiger charge is 2.42. The quantitative estimate of drug-likeness (QED) is 0.512. The van der Waals surface area contributed by atoms with Crippen LogP contribution in [-0.2, 0) is 16.0 Å². The molecule has 0 aromatic heterocycles. The molecule has 4 rings (SSSR count). The molecule has 2 aromatic carbocycles. The van der Waals surface area contributed by atoms with Gasteiger partial charge in [-0.25, -0.2) is 13.2 Å². The number of nitrogens with zero attached hydrogens (tertiary/aromatic N) is 2. The zero-order valence-electron chi connectivity index (χ0n) is 17.8. The molecule has 1 atom stereocenters. The summed E-state index contributed by atoms with van der Waals surface area (Å²) in [5.41, 5.74) is -0.396. The maximum absolute atomic E-state index is 14.2. The number of aliphatic imine (C=N–C) groups is 1. The van der Waals surface area contributed by atoms with Gasteiger partial charge in [0.25, 0.3) is 5.91 Å². The van der Waals surface area contributed by atoms with Gasteiger partial charge in [0, 0.05) is 22.6 Å². The molecule has 0 spiro atoms. The van der Waals surface area contributed by atoms with E-state index in [0.29, 0.717) is 35.1 Å². The molecule has 2 amide bonds. The average molecular weight is 483 g/mol. The van der Waals surface area contributed by atoms with Crippen molar-refractivity contribution in [3.05, 3.63) is 64.5 Å². The zero-order chi connectivity index (χ0) is 24.8. The molecule has 11 heteroatoms. The fourth-order valence-electron chi connectivity index (χ4n) is 3.81. The van der Waals surface area contributed by atoms with Gasteiger partial charge in [-0.05, 0) is 31.9 Å². The first-order chi connectivity index (χ1) is 16.0. The van der Waals surface area contributed by atoms with Gasteiger partial charge in [-0.3, -0.25) is 19.5 Å². The molecule has 5 nitrogen and oxygen atoms in total. The minimum atomic E-state index is -4.73. The second-order valence-electron chi connectivity index (χ2n) is 8.26. The summed E-state index contributed by atoms with van der Waals surface area (Å²) in [5, 5.41) is 2.20. The van der Waals surface area contributed by atoms with Gasteiger partial charge >= 0.3 is 6.18 Å². The van der Waals surface area contributed by atoms with E-state index in [1.807, 2.05) is 0 Å². The monoisotopic (exact) mass is 483 g/mol. The third kappa shape index (κ3) is 4.78. The zero-order valence-corrected chi connectivity index (χ0v) is 17.8. The first kappa shape index (κ1) is 23.8. The van der Waals surface area contributed by atoms with E-state index in [9.17, 15) is 35.9 Å². The molecule has 34 heavy (non-hydrogen) atoms. The molecule has 1 fully saturated rings. The lowest BCUT2D eigenvalue weighted by molar-refractivity contribution is -0.134. The van der Waals surface area contributed by atoms with E-state index in [4.69, 9.17) is 0 Å². The van der Waals surface area contributed by atoms with Gasteiger partial charge in [-0.1, -0.05) is 18.2 Å². The molecular weight excluding hydrogens is 464 g/mol. The third-order valence-corrected chi connectivity index (χ3v) is 5.65. The summed E-state index contributed by atoms with van der Waals surface area (Å²) in [5.74, 6) is -6.18. The van der Waals surface area contributed by atoms with Crippen LogP contribution >= 0.6 is 0 Å². The predicted molar refractivity (Wildman–Crippen MR) is 111 cm³/mol. The van der Waals surface area contributed by atoms with Crippen LogP contribution in [0.3, 0.4) is 0 Å². The second-order valence-corrected chi connectivity index (χ2v) is 8.26. The smallest absolute Gasteiger partial charge is 0.326 e. The number of benzodiazepines with no additional fused rings is 1. The first-order valence-electron chi connectivity index (χ1n) is 10.4. The lowest BCUT2D eigenvalue weighted by Gasteiger charge is -2.26. The Balaban J connectivity index is 1.67. The average Bonchev–Trinajstić information content (AvgIpc) is 3.61. The van der Waals surface area contributed by atoms with Crippen LogP contribution in [0.15, 0.2) is 35.3 Å². The van der Waals surface area contributed by atoms with Crippen LogP contribution in [-0.4, -0.2) is 36.4 Å². The predicted octanol–water partition coefficient (Wildman–Crippen LogP) is 4.21. The van der Waals surface area contributed by atoms with Crippen LogP contribution in [0.2, 0.25) is 0 Å². The van der Waals surface area contributed by atoms with Crippen molar-refractivity contribution in [3.8, 4) is 0 Å². The Labute approximate surface area is 190 Å². The number of amides is 2. The molecule has 1 unspecified atom stereocenters. The number of hydrogen-bond acceptors (Lipinski definition) is 3. The molecule has 1 aliphatic carbocycles. The topological polar surface area (TPSA) is 61.8 Å². The summed E-state index contributed by atoms with van der Waals surface area (Å²) in [4.78, 5) is 30.4. The van der Waals surface area contributed by atoms with E-state index in [1.165, 1.54) is 12.1 Å². The number of alkyl halides is 3. The van der Waals surface area contributed by atoms with Gasteiger partial charge in [0.15, 0.2) is 11.6 Å². The molecule has 1 aliphatic heterocycles. The van der Waals surface area contributed by atoms with Crippen molar-refractivity contribution in [1.82, 2.24) is 5.32 Å². The van der Waals surface area contributed by atoms with Gasteiger partial charge in [0.05, 0.1) is 17.8 Å². The third-order valence-electron chi connectivity index (χ3n) is 5.65. The molecule has 180 valence electrons. The molecular formula is C23H19F6N3O2. The first-order valence-corrected chi connectivity index (χ1v) is 10.4. The standard InChI is InChI=1S/C23H19F6N3O2/c1-11-15(24)8-13(19(26)18(11)25)9-17(33)30-21-22(34)32(10-23(27,28)29)16-5-3-2-4-14(16)20(31-21)12-6-7-12/h2-5,8,12,21H,6-7,9-10H2,1H3,(H,30,33). The number of rotatable bonds is 5. The Hall–Kier alpha value is -3.37. The number of anilines is 1. The maximum atomic E-state index is 14.2. The normalized spacial score (nSPS) is 18.3. The Bertz CT molecular complexity index is 1190. The minimum Gasteiger partial charge on any atom is -0.326 e. The Morgan fingerprint density at radius 2 is 1.82 bits per heavy atom. The second kappa shape index (κ2) is 8.77. The van der Waals surface area contributed by atoms with Crippen LogP contribution in [0.25, 0.3) is 0 Å². The highest BCUT2D eigenvalue weighted by Crippen LogP contribution is 2.38. The summed E-state index contributed by atoms with van der Waals surface area (Å²) in [6.45, 7) is -0.575. The number of fused-ring (bicyclic) bond motifs is 1. The van der Waals surface area contributed by atoms with Gasteiger partial charge in [-0.2, -0.15) is 13.2 Å². The highest BCUT2D eigenvalue weighted by molar-refractivity contribution is 6.14. The van der Waals surface area contributed by atoms with Crippen molar-refractivity contribution in [2.24, 2.45) is 10.9 Å². The molecule has 2 aliphatic rings. The van der Waals surface area contributed by atoms with E-state index >= 15 is 0 Å². The van der Waals surface area contributed by atoms with Crippen molar-refractivity contribution in [3.63, 3.8) is 0 Å². The SMILES string of the molecule is Cc1c(F)cc(CC(=O)NC2N=C(C3CC3)c3ccccc3N(CC(F)(F)F)C2=O)c(F)c1F. The van der Waals surface area contributed by atoms with Gasteiger partial charge in [-0.15, -0.1) is 0 Å². The summed E-state index contributed by atoms with van der Waals surface area (Å²) < 4.78 is 81.8. The Kier molecular flexibility index (Phi) is 6.13. The molecule has 1 saturated carbocycles. The lowest BCUT2D eigenvalue weighted by Crippen LogP contribution is -2.50. The minimum absolute atomic E-state index is 0.0148. The number of para-hydroxylation sites is 1. The van der Waals surface area contributed by atoms with Crippen molar-refractivity contribution < 1.29 is 35.9 Å². The van der Waals surface area contributed by atoms with Gasteiger partial charge < -0.3 is 5.32 Å². The highest BCUT2D eigenvalue weighted by atomic mass is 19.4. The number of nitrogens with one attached hydrogen (secondary N) is 1. The van der Waals surface area contributed by atoms with Crippen molar-refractivity contribution in [2.45, 2.75) is 38.5 Å². The fraction of sp³-hybridized carbons (Fsp3) is 0.348. The summed E-state index contributed by atoms with van der Waals surface area (Å²) in [7, 11) is 0. The number of benzene rings is 2. The van der Waals surface area contributed by atoms with Crippen molar-refractivity contribution >= 4 is 23.2 Å². The summed E-state index contributed by atoms with van der Waals surface area (Å²) >= 11 is 0. The molecule has 2 aromatic rings. The molecule has 0 saturated heterocycles. The Morgan fingerprint density at radius 1 is 1.15 bits per heavy atom. The van der Waals surface area contributed by atoms with Crippen LogP contribution in [0.5, 0.6) is 0 Å². The van der Waals surface area contributed by atoms with Gasteiger partial charge in [0.1, 0.15) is 12.4 Å². The lowest BCUT2D eigenvalue weighted by atomic mass is 10.0. The van der Waals surface area contributed by atoms with E-state index in [-0.39, 0.29) is 11.6 Å². The number of carbonyl (C=O) groups excluding carboxylic acids is 2. The Morgan fingerprint density at radius 3 is 2.47 bits per heavy atom. The summed E-state index contributed by atoms with van der Waals surface area (Å²) in [6, 6.07) is 6.68. The molecule has 1 N–H and O–H groups in total. The van der Waals surface area contributed by atoms with E-state index in [2.05, 4.69) is 10.3 Å². The van der Waals surface area contributed by atoms with Crippen LogP contribution < -0.4 is 10.2 Å². The number of halogens is 6. The summed E-state index contributed by atoms with van der Waals surface area (Å²) in [6.07, 6.45) is -5.87. The fourth-order valence-corrected chi connectivity index (χ4v) is 3.81. The largest absolute Gasteiger partial charge is 0.406 e. The number of carbonyl (C=O) groups is 2. The van der Waals surface area contributed by atoms with Crippen molar-refractivity contribution in [2.75, 3.05) is 11.4 Å². The van der Waals surface area contributed by atoms with E-state index < -0.39 is 65.7 Å². The van der Waals surface area contributed by atoms with E-state index in [0.717, 1.165) is 6.92 Å². The van der Waals surface area contributed by atoms with E-state index in [1.54, 1.807) is 12.1 Å². The van der Waals surface area contributed by atoms with Crippen molar-refractivity contribution in [1.29, 1.82) is 0 Å². The van der Waals surface area contributed by atoms with Crippen LogP contribution in [0.1, 0.15) is 29.5 Å².